The zero-order chi connectivity index (χ0) is 18.8. The number of aryl methyl sites for hydroxylation is 1. The number of aromatic amines is 1. The number of ether oxygens (including phenoxy) is 1. The Hall–Kier alpha value is -2.70. The van der Waals surface area contributed by atoms with Crippen LogP contribution in [0.25, 0.3) is 10.9 Å². The molecule has 140 valence electrons. The van der Waals surface area contributed by atoms with Crippen molar-refractivity contribution in [2.45, 2.75) is 26.1 Å². The fourth-order valence-corrected chi connectivity index (χ4v) is 3.63. The second kappa shape index (κ2) is 7.50. The van der Waals surface area contributed by atoms with Crippen molar-refractivity contribution in [3.63, 3.8) is 0 Å². The zero-order valence-corrected chi connectivity index (χ0v) is 15.4. The average molecular weight is 365 g/mol. The monoisotopic (exact) mass is 365 g/mol. The first-order valence-electron chi connectivity index (χ1n) is 9.22. The van der Waals surface area contributed by atoms with Crippen LogP contribution >= 0.6 is 0 Å². The summed E-state index contributed by atoms with van der Waals surface area (Å²) in [6.45, 7) is 5.33. The lowest BCUT2D eigenvalue weighted by atomic mass is 10.1. The summed E-state index contributed by atoms with van der Waals surface area (Å²) >= 11 is 0. The number of aromatic nitrogens is 2. The van der Waals surface area contributed by atoms with Crippen LogP contribution in [-0.2, 0) is 17.8 Å². The third-order valence-electron chi connectivity index (χ3n) is 5.15. The molecule has 0 radical (unpaired) electrons. The highest BCUT2D eigenvalue weighted by Gasteiger charge is 2.23. The second-order valence-corrected chi connectivity index (χ2v) is 7.05. The summed E-state index contributed by atoms with van der Waals surface area (Å²) < 4.78 is 7.10. The predicted octanol–water partition coefficient (Wildman–Crippen LogP) is 1.90. The molecule has 0 aliphatic carbocycles. The molecule has 6 nitrogen and oxygen atoms in total. The van der Waals surface area contributed by atoms with Crippen LogP contribution in [0.1, 0.15) is 11.1 Å². The van der Waals surface area contributed by atoms with Crippen LogP contribution < -0.4 is 11.2 Å². The van der Waals surface area contributed by atoms with Crippen molar-refractivity contribution in [1.29, 1.82) is 0 Å². The number of fused-ring (bicyclic) bond motifs is 1. The largest absolute Gasteiger partial charge is 0.374 e. The Bertz CT molecular complexity index is 1070. The van der Waals surface area contributed by atoms with E-state index in [-0.39, 0.29) is 18.2 Å². The van der Waals surface area contributed by atoms with Gasteiger partial charge < -0.3 is 9.72 Å². The minimum atomic E-state index is -0.390. The molecule has 0 amide bonds. The second-order valence-electron chi connectivity index (χ2n) is 7.05. The van der Waals surface area contributed by atoms with Crippen LogP contribution in [0.15, 0.2) is 58.1 Å². The van der Waals surface area contributed by atoms with Gasteiger partial charge in [-0.15, -0.1) is 0 Å². The molecule has 27 heavy (non-hydrogen) atoms. The van der Waals surface area contributed by atoms with Gasteiger partial charge in [0.15, 0.2) is 0 Å². The van der Waals surface area contributed by atoms with Gasteiger partial charge in [0.1, 0.15) is 0 Å². The highest BCUT2D eigenvalue weighted by molar-refractivity contribution is 5.76. The van der Waals surface area contributed by atoms with E-state index in [2.05, 4.69) is 35.0 Å². The van der Waals surface area contributed by atoms with Gasteiger partial charge in [-0.1, -0.05) is 36.4 Å². The molecule has 1 saturated heterocycles. The van der Waals surface area contributed by atoms with Crippen LogP contribution in [0, 0.1) is 6.92 Å². The van der Waals surface area contributed by atoms with Gasteiger partial charge in [0.05, 0.1) is 30.2 Å². The van der Waals surface area contributed by atoms with Crippen molar-refractivity contribution in [2.24, 2.45) is 0 Å². The molecule has 0 bridgehead atoms. The first-order chi connectivity index (χ1) is 13.1. The molecular formula is C21H23N3O3. The SMILES string of the molecule is Cc1ccccc1CN1CCOC(Cn2c(=O)[nH]c3ccccc3c2=O)C1. The van der Waals surface area contributed by atoms with Crippen molar-refractivity contribution in [1.82, 2.24) is 14.5 Å². The number of morpholine rings is 1. The maximum atomic E-state index is 12.7. The van der Waals surface area contributed by atoms with E-state index >= 15 is 0 Å². The molecule has 1 fully saturated rings. The van der Waals surface area contributed by atoms with E-state index in [0.717, 1.165) is 13.1 Å². The Morgan fingerprint density at radius 2 is 1.89 bits per heavy atom. The lowest BCUT2D eigenvalue weighted by molar-refractivity contribution is -0.0396. The zero-order valence-electron chi connectivity index (χ0n) is 15.4. The fraction of sp³-hybridized carbons (Fsp3) is 0.333. The minimum Gasteiger partial charge on any atom is -0.374 e. The Balaban J connectivity index is 1.53. The molecule has 4 rings (SSSR count). The van der Waals surface area contributed by atoms with E-state index in [1.807, 2.05) is 6.07 Å². The molecule has 2 aromatic carbocycles. The van der Waals surface area contributed by atoms with E-state index in [0.29, 0.717) is 24.1 Å². The predicted molar refractivity (Wildman–Crippen MR) is 105 cm³/mol. The molecule has 1 aliphatic rings. The third kappa shape index (κ3) is 3.72. The maximum absolute atomic E-state index is 12.7. The highest BCUT2D eigenvalue weighted by Crippen LogP contribution is 2.14. The first kappa shape index (κ1) is 17.7. The van der Waals surface area contributed by atoms with E-state index in [1.54, 1.807) is 24.3 Å². The van der Waals surface area contributed by atoms with E-state index in [1.165, 1.54) is 15.7 Å². The Morgan fingerprint density at radius 1 is 1.11 bits per heavy atom. The molecule has 0 spiro atoms. The number of hydrogen-bond donors (Lipinski definition) is 1. The average Bonchev–Trinajstić information content (AvgIpc) is 2.67. The fourth-order valence-electron chi connectivity index (χ4n) is 3.63. The van der Waals surface area contributed by atoms with Crippen molar-refractivity contribution >= 4 is 10.9 Å². The Kier molecular flexibility index (Phi) is 4.92. The van der Waals surface area contributed by atoms with E-state index < -0.39 is 5.69 Å². The van der Waals surface area contributed by atoms with Gasteiger partial charge in [0.25, 0.3) is 5.56 Å². The number of H-pyrrole nitrogens is 1. The summed E-state index contributed by atoms with van der Waals surface area (Å²) in [5.41, 5.74) is 2.46. The first-order valence-corrected chi connectivity index (χ1v) is 9.22. The number of nitrogens with zero attached hydrogens (tertiary/aromatic N) is 2. The van der Waals surface area contributed by atoms with Crippen LogP contribution in [0.5, 0.6) is 0 Å². The summed E-state index contributed by atoms with van der Waals surface area (Å²) in [6.07, 6.45) is -0.192. The smallest absolute Gasteiger partial charge is 0.328 e. The van der Waals surface area contributed by atoms with Gasteiger partial charge in [-0.2, -0.15) is 0 Å². The Labute approximate surface area is 157 Å². The molecule has 1 N–H and O–H groups in total. The molecular weight excluding hydrogens is 342 g/mol. The number of nitrogens with one attached hydrogen (secondary N) is 1. The lowest BCUT2D eigenvalue weighted by Gasteiger charge is -2.33. The Morgan fingerprint density at radius 3 is 2.74 bits per heavy atom. The maximum Gasteiger partial charge on any atom is 0.328 e. The molecule has 6 heteroatoms. The van der Waals surface area contributed by atoms with Crippen molar-refractivity contribution < 1.29 is 4.74 Å². The number of benzene rings is 2. The summed E-state index contributed by atoms with van der Waals surface area (Å²) in [6, 6.07) is 15.4. The molecule has 1 aromatic heterocycles. The number of para-hydroxylation sites is 1. The van der Waals surface area contributed by atoms with Gasteiger partial charge in [0, 0.05) is 19.6 Å². The number of hydrogen-bond acceptors (Lipinski definition) is 4. The standard InChI is InChI=1S/C21H23N3O3/c1-15-6-2-3-7-16(15)12-23-10-11-27-17(13-23)14-24-20(25)18-8-4-5-9-19(18)22-21(24)26/h2-9,17H,10-14H2,1H3,(H,22,26). The topological polar surface area (TPSA) is 67.3 Å². The summed E-state index contributed by atoms with van der Waals surface area (Å²) in [7, 11) is 0. The van der Waals surface area contributed by atoms with Gasteiger partial charge in [-0.25, -0.2) is 4.79 Å². The third-order valence-corrected chi connectivity index (χ3v) is 5.15. The highest BCUT2D eigenvalue weighted by atomic mass is 16.5. The summed E-state index contributed by atoms with van der Waals surface area (Å²) in [4.78, 5) is 30.2. The molecule has 1 unspecified atom stereocenters. The van der Waals surface area contributed by atoms with Crippen molar-refractivity contribution in [3.05, 3.63) is 80.5 Å². The molecule has 0 saturated carbocycles. The number of rotatable bonds is 4. The van der Waals surface area contributed by atoms with Crippen molar-refractivity contribution in [2.75, 3.05) is 19.7 Å². The summed E-state index contributed by atoms with van der Waals surface area (Å²) in [5.74, 6) is 0. The van der Waals surface area contributed by atoms with Gasteiger partial charge >= 0.3 is 5.69 Å². The van der Waals surface area contributed by atoms with Crippen LogP contribution in [0.4, 0.5) is 0 Å². The molecule has 1 aliphatic heterocycles. The van der Waals surface area contributed by atoms with Crippen molar-refractivity contribution in [3.8, 4) is 0 Å². The molecule has 3 aromatic rings. The lowest BCUT2D eigenvalue weighted by Crippen LogP contribution is -2.47. The molecule has 2 heterocycles. The van der Waals surface area contributed by atoms with Gasteiger partial charge in [0.2, 0.25) is 0 Å². The van der Waals surface area contributed by atoms with E-state index in [4.69, 9.17) is 4.74 Å². The summed E-state index contributed by atoms with van der Waals surface area (Å²) in [5, 5.41) is 0.518. The van der Waals surface area contributed by atoms with Gasteiger partial charge in [-0.3, -0.25) is 14.3 Å². The minimum absolute atomic E-state index is 0.192. The van der Waals surface area contributed by atoms with Crippen LogP contribution in [0.2, 0.25) is 0 Å². The quantitative estimate of drug-likeness (QED) is 0.767. The van der Waals surface area contributed by atoms with Gasteiger partial charge in [-0.05, 0) is 30.2 Å². The van der Waals surface area contributed by atoms with Crippen LogP contribution in [0.3, 0.4) is 0 Å². The normalized spacial score (nSPS) is 18.0. The van der Waals surface area contributed by atoms with Crippen LogP contribution in [-0.4, -0.2) is 40.3 Å². The van der Waals surface area contributed by atoms with E-state index in [9.17, 15) is 9.59 Å². The molecule has 1 atom stereocenters.